The second-order valence-corrected chi connectivity index (χ2v) is 5.94. The molecular weight excluding hydrogens is 358 g/mol. The summed E-state index contributed by atoms with van der Waals surface area (Å²) in [6, 6.07) is 9.40. The van der Waals surface area contributed by atoms with Gasteiger partial charge in [-0.15, -0.1) is 0 Å². The van der Waals surface area contributed by atoms with Gasteiger partial charge in [0, 0.05) is 12.6 Å². The number of benzene rings is 2. The van der Waals surface area contributed by atoms with Crippen LogP contribution < -0.4 is 18.9 Å². The molecule has 0 amide bonds. The van der Waals surface area contributed by atoms with Crippen molar-refractivity contribution in [1.29, 1.82) is 0 Å². The van der Waals surface area contributed by atoms with E-state index in [4.69, 9.17) is 18.9 Å². The lowest BCUT2D eigenvalue weighted by molar-refractivity contribution is -0.115. The lowest BCUT2D eigenvalue weighted by Crippen LogP contribution is -1.95. The molecule has 0 aliphatic rings. The molecule has 2 aromatic carbocycles. The number of rotatable bonds is 9. The smallest absolute Gasteiger partial charge is 0.203 e. The number of ketones is 1. The van der Waals surface area contributed by atoms with Crippen LogP contribution in [0.5, 0.6) is 23.0 Å². The molecule has 0 saturated heterocycles. The molecule has 2 rings (SSSR count). The number of hydrogen-bond acceptors (Lipinski definition) is 6. The summed E-state index contributed by atoms with van der Waals surface area (Å²) in [6.45, 7) is 1.53. The highest BCUT2D eigenvalue weighted by atomic mass is 16.5. The van der Waals surface area contributed by atoms with Gasteiger partial charge in [-0.2, -0.15) is 0 Å². The van der Waals surface area contributed by atoms with Crippen LogP contribution in [0, 0.1) is 0 Å². The van der Waals surface area contributed by atoms with Gasteiger partial charge in [-0.25, -0.2) is 0 Å². The largest absolute Gasteiger partial charge is 0.494 e. The van der Waals surface area contributed by atoms with Gasteiger partial charge < -0.3 is 18.9 Å². The fourth-order valence-corrected chi connectivity index (χ4v) is 2.57. The van der Waals surface area contributed by atoms with Crippen LogP contribution in [0.2, 0.25) is 0 Å². The Balaban J connectivity index is 2.33. The monoisotopic (exact) mass is 383 g/mol. The Hall–Kier alpha value is -3.28. The molecule has 0 atom stereocenters. The molecule has 0 spiro atoms. The molecule has 0 fully saturated rings. The van der Waals surface area contributed by atoms with Crippen molar-refractivity contribution in [3.63, 3.8) is 0 Å². The Morgan fingerprint density at radius 3 is 2.00 bits per heavy atom. The predicted molar refractivity (Wildman–Crippen MR) is 111 cm³/mol. The van der Waals surface area contributed by atoms with Crippen molar-refractivity contribution in [3.05, 3.63) is 41.5 Å². The second kappa shape index (κ2) is 10.2. The number of carbonyl (C=O) groups excluding carboxylic acids is 1. The molecule has 0 saturated carbocycles. The molecule has 0 radical (unpaired) electrons. The zero-order valence-electron chi connectivity index (χ0n) is 16.8. The molecule has 2 aromatic rings. The van der Waals surface area contributed by atoms with Crippen LogP contribution in [0.3, 0.4) is 0 Å². The molecule has 148 valence electrons. The minimum Gasteiger partial charge on any atom is -0.494 e. The van der Waals surface area contributed by atoms with Gasteiger partial charge in [0.2, 0.25) is 5.75 Å². The Labute approximate surface area is 165 Å². The first-order chi connectivity index (χ1) is 13.5. The number of carbonyl (C=O) groups is 1. The summed E-state index contributed by atoms with van der Waals surface area (Å²) in [4.78, 5) is 15.5. The van der Waals surface area contributed by atoms with Gasteiger partial charge in [-0.3, -0.25) is 9.79 Å². The summed E-state index contributed by atoms with van der Waals surface area (Å²) in [5.74, 6) is 2.43. The molecule has 0 aliphatic heterocycles. The van der Waals surface area contributed by atoms with E-state index >= 15 is 0 Å². The van der Waals surface area contributed by atoms with Gasteiger partial charge in [-0.05, 0) is 42.3 Å². The number of ether oxygens (including phenoxy) is 4. The highest BCUT2D eigenvalue weighted by molar-refractivity contribution is 5.90. The predicted octanol–water partition coefficient (Wildman–Crippen LogP) is 4.57. The molecule has 0 unspecified atom stereocenters. The minimum atomic E-state index is 0.0566. The molecule has 0 bridgehead atoms. The van der Waals surface area contributed by atoms with Gasteiger partial charge in [-0.1, -0.05) is 18.2 Å². The average molecular weight is 383 g/mol. The minimum absolute atomic E-state index is 0.0566. The van der Waals surface area contributed by atoms with Gasteiger partial charge in [0.25, 0.3) is 0 Å². The molecule has 6 nitrogen and oxygen atoms in total. The fraction of sp³-hybridized carbons (Fsp3) is 0.273. The van der Waals surface area contributed by atoms with Crippen molar-refractivity contribution in [2.24, 2.45) is 4.99 Å². The summed E-state index contributed by atoms with van der Waals surface area (Å²) >= 11 is 0. The van der Waals surface area contributed by atoms with Crippen LogP contribution in [0.15, 0.2) is 35.3 Å². The van der Waals surface area contributed by atoms with Gasteiger partial charge in [0.1, 0.15) is 17.2 Å². The highest BCUT2D eigenvalue weighted by Gasteiger charge is 2.12. The Bertz CT molecular complexity index is 861. The third kappa shape index (κ3) is 5.36. The lowest BCUT2D eigenvalue weighted by atomic mass is 10.1. The quantitative estimate of drug-likeness (QED) is 0.469. The molecule has 0 heterocycles. The third-order valence-corrected chi connectivity index (χ3v) is 3.97. The third-order valence-electron chi connectivity index (χ3n) is 3.97. The maximum atomic E-state index is 11.1. The Kier molecular flexibility index (Phi) is 7.63. The van der Waals surface area contributed by atoms with E-state index in [9.17, 15) is 4.79 Å². The summed E-state index contributed by atoms with van der Waals surface area (Å²) in [5, 5.41) is 0. The lowest BCUT2D eigenvalue weighted by Gasteiger charge is -2.12. The SMILES string of the molecule is COc1ccc(/C=C\c2cc(OC)c(OC)c(OC)c2)cc1N=CCC(C)=O. The summed E-state index contributed by atoms with van der Waals surface area (Å²) in [7, 11) is 6.32. The molecule has 28 heavy (non-hydrogen) atoms. The topological polar surface area (TPSA) is 66.3 Å². The van der Waals surface area contributed by atoms with Crippen LogP contribution in [-0.2, 0) is 4.79 Å². The first-order valence-corrected chi connectivity index (χ1v) is 8.70. The number of nitrogens with zero attached hydrogens (tertiary/aromatic N) is 1. The van der Waals surface area contributed by atoms with Crippen molar-refractivity contribution >= 4 is 29.8 Å². The number of aliphatic imine (C=N–C) groups is 1. The van der Waals surface area contributed by atoms with E-state index in [2.05, 4.69) is 4.99 Å². The van der Waals surface area contributed by atoms with Crippen LogP contribution in [0.1, 0.15) is 24.5 Å². The van der Waals surface area contributed by atoms with Crippen molar-refractivity contribution < 1.29 is 23.7 Å². The molecular formula is C22H25NO5. The zero-order chi connectivity index (χ0) is 20.5. The maximum absolute atomic E-state index is 11.1. The standard InChI is InChI=1S/C22H25NO5/c1-15(24)10-11-23-18-12-16(8-9-19(18)25-2)6-7-17-13-20(26-3)22(28-5)21(14-17)27-4/h6-9,11-14H,10H2,1-5H3/b7-6-,23-11?. The van der Waals surface area contributed by atoms with Crippen LogP contribution in [-0.4, -0.2) is 40.4 Å². The average Bonchev–Trinajstić information content (AvgIpc) is 2.71. The van der Waals surface area contributed by atoms with E-state index in [0.717, 1.165) is 11.1 Å². The molecule has 6 heteroatoms. The first-order valence-electron chi connectivity index (χ1n) is 8.70. The van der Waals surface area contributed by atoms with E-state index < -0.39 is 0 Å². The van der Waals surface area contributed by atoms with E-state index in [1.54, 1.807) is 34.7 Å². The number of methoxy groups -OCH3 is 4. The maximum Gasteiger partial charge on any atom is 0.203 e. The van der Waals surface area contributed by atoms with Gasteiger partial charge >= 0.3 is 0 Å². The first kappa shape index (κ1) is 21.0. The Morgan fingerprint density at radius 2 is 1.46 bits per heavy atom. The van der Waals surface area contributed by atoms with Gasteiger partial charge in [0.15, 0.2) is 11.5 Å². The molecule has 0 N–H and O–H groups in total. The fourth-order valence-electron chi connectivity index (χ4n) is 2.57. The van der Waals surface area contributed by atoms with Crippen molar-refractivity contribution in [3.8, 4) is 23.0 Å². The number of hydrogen-bond donors (Lipinski definition) is 0. The summed E-state index contributed by atoms with van der Waals surface area (Å²) in [5.41, 5.74) is 2.49. The second-order valence-electron chi connectivity index (χ2n) is 5.94. The number of Topliss-reactive ketones (excluding diaryl/α,β-unsaturated/α-hetero) is 1. The van der Waals surface area contributed by atoms with E-state index in [-0.39, 0.29) is 12.2 Å². The summed E-state index contributed by atoms with van der Waals surface area (Å²) in [6.07, 6.45) is 5.76. The zero-order valence-corrected chi connectivity index (χ0v) is 16.8. The Morgan fingerprint density at radius 1 is 0.857 bits per heavy atom. The van der Waals surface area contributed by atoms with E-state index in [1.165, 1.54) is 6.92 Å². The van der Waals surface area contributed by atoms with Crippen LogP contribution >= 0.6 is 0 Å². The van der Waals surface area contributed by atoms with Crippen molar-refractivity contribution in [2.45, 2.75) is 13.3 Å². The van der Waals surface area contributed by atoms with E-state index in [0.29, 0.717) is 28.7 Å². The normalized spacial score (nSPS) is 11.0. The summed E-state index contributed by atoms with van der Waals surface area (Å²) < 4.78 is 21.4. The molecule has 0 aliphatic carbocycles. The van der Waals surface area contributed by atoms with Crippen molar-refractivity contribution in [2.75, 3.05) is 28.4 Å². The highest BCUT2D eigenvalue weighted by Crippen LogP contribution is 2.38. The molecule has 0 aromatic heterocycles. The van der Waals surface area contributed by atoms with E-state index in [1.807, 2.05) is 42.5 Å². The van der Waals surface area contributed by atoms with Crippen molar-refractivity contribution in [1.82, 2.24) is 0 Å². The van der Waals surface area contributed by atoms with Crippen LogP contribution in [0.4, 0.5) is 5.69 Å². The van der Waals surface area contributed by atoms with Gasteiger partial charge in [0.05, 0.1) is 28.4 Å². The van der Waals surface area contributed by atoms with Crippen LogP contribution in [0.25, 0.3) is 12.2 Å².